The molecule has 1 fully saturated rings. The fraction of sp³-hybridized carbons (Fsp3) is 0.600. The molecule has 0 bridgehead atoms. The Labute approximate surface area is 150 Å². The van der Waals surface area contributed by atoms with Gasteiger partial charge in [-0.1, -0.05) is 44.2 Å². The van der Waals surface area contributed by atoms with E-state index < -0.39 is 6.04 Å². The van der Waals surface area contributed by atoms with Gasteiger partial charge in [-0.05, 0) is 37.3 Å². The monoisotopic (exact) mass is 346 g/mol. The molecule has 0 aromatic heterocycles. The summed E-state index contributed by atoms with van der Waals surface area (Å²) in [7, 11) is 1.37. The fourth-order valence-electron chi connectivity index (χ4n) is 3.37. The molecule has 25 heavy (non-hydrogen) atoms. The number of esters is 1. The number of hydrogen-bond acceptors (Lipinski definition) is 4. The summed E-state index contributed by atoms with van der Waals surface area (Å²) in [6.07, 6.45) is 2.46. The summed E-state index contributed by atoms with van der Waals surface area (Å²) in [6, 6.07) is 9.76. The molecule has 1 heterocycles. The van der Waals surface area contributed by atoms with Gasteiger partial charge in [0.05, 0.1) is 13.0 Å². The molecule has 2 atom stereocenters. The third-order valence-corrected chi connectivity index (χ3v) is 4.63. The number of likely N-dealkylation sites (tertiary alicyclic amines) is 1. The number of carbonyl (C=O) groups excluding carboxylic acids is 2. The van der Waals surface area contributed by atoms with E-state index in [9.17, 15) is 9.59 Å². The van der Waals surface area contributed by atoms with Crippen molar-refractivity contribution in [3.05, 3.63) is 35.9 Å². The Morgan fingerprint density at radius 2 is 2.00 bits per heavy atom. The number of nitrogens with zero attached hydrogens (tertiary/aromatic N) is 1. The van der Waals surface area contributed by atoms with Gasteiger partial charge in [-0.3, -0.25) is 9.69 Å². The third kappa shape index (κ3) is 6.16. The van der Waals surface area contributed by atoms with Gasteiger partial charge in [0.1, 0.15) is 6.04 Å². The second-order valence-corrected chi connectivity index (χ2v) is 7.27. The molecule has 0 radical (unpaired) electrons. The maximum absolute atomic E-state index is 12.7. The highest BCUT2D eigenvalue weighted by molar-refractivity contribution is 5.85. The maximum Gasteiger partial charge on any atom is 0.328 e. The van der Waals surface area contributed by atoms with Crippen LogP contribution >= 0.6 is 0 Å². The summed E-state index contributed by atoms with van der Waals surface area (Å²) >= 11 is 0. The van der Waals surface area contributed by atoms with Crippen molar-refractivity contribution < 1.29 is 14.3 Å². The minimum Gasteiger partial charge on any atom is -0.467 e. The van der Waals surface area contributed by atoms with Gasteiger partial charge in [0.2, 0.25) is 5.91 Å². The van der Waals surface area contributed by atoms with E-state index in [1.807, 2.05) is 32.0 Å². The predicted octanol–water partition coefficient (Wildman–Crippen LogP) is 2.60. The second-order valence-electron chi connectivity index (χ2n) is 7.27. The minimum atomic E-state index is -0.554. The molecule has 2 unspecified atom stereocenters. The summed E-state index contributed by atoms with van der Waals surface area (Å²) in [5.41, 5.74) is 1.26. The molecule has 1 aliphatic rings. The van der Waals surface area contributed by atoms with Gasteiger partial charge in [0.15, 0.2) is 0 Å². The highest BCUT2D eigenvalue weighted by Crippen LogP contribution is 2.19. The molecular formula is C20H30N2O3. The van der Waals surface area contributed by atoms with E-state index in [4.69, 9.17) is 4.74 Å². The molecule has 138 valence electrons. The average molecular weight is 346 g/mol. The molecule has 0 spiro atoms. The Morgan fingerprint density at radius 3 is 2.64 bits per heavy atom. The second kappa shape index (κ2) is 9.56. The summed E-state index contributed by atoms with van der Waals surface area (Å²) < 4.78 is 4.84. The first-order chi connectivity index (χ1) is 12.0. The van der Waals surface area contributed by atoms with E-state index in [-0.39, 0.29) is 17.8 Å². The number of hydrogen-bond donors (Lipinski definition) is 1. The average Bonchev–Trinajstić information content (AvgIpc) is 2.61. The standard InChI is InChI=1S/C20H30N2O3/c1-15(2)12-18(20(24)25-3)21-19(23)17-10-7-11-22(14-17)13-16-8-5-4-6-9-16/h4-6,8-9,15,17-18H,7,10-14H2,1-3H3,(H,21,23). The zero-order chi connectivity index (χ0) is 18.2. The van der Waals surface area contributed by atoms with Crippen molar-refractivity contribution in [1.29, 1.82) is 0 Å². The highest BCUT2D eigenvalue weighted by Gasteiger charge is 2.30. The number of nitrogens with one attached hydrogen (secondary N) is 1. The lowest BCUT2D eigenvalue weighted by Gasteiger charge is -2.32. The molecule has 5 heteroatoms. The molecule has 0 saturated carbocycles. The Hall–Kier alpha value is -1.88. The summed E-state index contributed by atoms with van der Waals surface area (Å²) in [5.74, 6) is -0.157. The topological polar surface area (TPSA) is 58.6 Å². The molecule has 1 saturated heterocycles. The number of carbonyl (C=O) groups is 2. The van der Waals surface area contributed by atoms with Crippen molar-refractivity contribution >= 4 is 11.9 Å². The van der Waals surface area contributed by atoms with Crippen molar-refractivity contribution in [2.24, 2.45) is 11.8 Å². The Bertz CT molecular complexity index is 559. The number of rotatable bonds is 7. The van der Waals surface area contributed by atoms with E-state index in [1.54, 1.807) is 0 Å². The van der Waals surface area contributed by atoms with Gasteiger partial charge >= 0.3 is 5.97 Å². The normalized spacial score (nSPS) is 19.4. The van der Waals surface area contributed by atoms with Crippen LogP contribution in [0.2, 0.25) is 0 Å². The van der Waals surface area contributed by atoms with Crippen molar-refractivity contribution in [2.45, 2.75) is 45.7 Å². The Balaban J connectivity index is 1.92. The van der Waals surface area contributed by atoms with Crippen LogP contribution in [-0.4, -0.2) is 43.0 Å². The van der Waals surface area contributed by atoms with Gasteiger partial charge in [-0.15, -0.1) is 0 Å². The number of benzene rings is 1. The molecule has 5 nitrogen and oxygen atoms in total. The van der Waals surface area contributed by atoms with Gasteiger partial charge in [-0.25, -0.2) is 4.79 Å². The van der Waals surface area contributed by atoms with Crippen LogP contribution in [0.5, 0.6) is 0 Å². The van der Waals surface area contributed by atoms with Crippen molar-refractivity contribution in [3.63, 3.8) is 0 Å². The zero-order valence-electron chi connectivity index (χ0n) is 15.5. The van der Waals surface area contributed by atoms with E-state index in [2.05, 4.69) is 22.3 Å². The smallest absolute Gasteiger partial charge is 0.328 e. The quantitative estimate of drug-likeness (QED) is 0.771. The SMILES string of the molecule is COC(=O)C(CC(C)C)NC(=O)C1CCCN(Cc2ccccc2)C1. The number of piperidine rings is 1. The lowest BCUT2D eigenvalue weighted by Crippen LogP contribution is -2.48. The van der Waals surface area contributed by atoms with Crippen LogP contribution in [0.4, 0.5) is 0 Å². The number of methoxy groups -OCH3 is 1. The third-order valence-electron chi connectivity index (χ3n) is 4.63. The summed E-state index contributed by atoms with van der Waals surface area (Å²) in [5, 5.41) is 2.91. The largest absolute Gasteiger partial charge is 0.467 e. The Kier molecular flexibility index (Phi) is 7.44. The first-order valence-electron chi connectivity index (χ1n) is 9.14. The van der Waals surface area contributed by atoms with E-state index in [1.165, 1.54) is 12.7 Å². The van der Waals surface area contributed by atoms with Gasteiger partial charge in [-0.2, -0.15) is 0 Å². The van der Waals surface area contributed by atoms with Gasteiger partial charge in [0, 0.05) is 13.1 Å². The van der Waals surface area contributed by atoms with Crippen molar-refractivity contribution in [1.82, 2.24) is 10.2 Å². The zero-order valence-corrected chi connectivity index (χ0v) is 15.5. The van der Waals surface area contributed by atoms with Crippen LogP contribution in [0.25, 0.3) is 0 Å². The fourth-order valence-corrected chi connectivity index (χ4v) is 3.37. The highest BCUT2D eigenvalue weighted by atomic mass is 16.5. The van der Waals surface area contributed by atoms with Crippen molar-refractivity contribution in [2.75, 3.05) is 20.2 Å². The molecule has 1 aliphatic heterocycles. The molecule has 1 N–H and O–H groups in total. The number of ether oxygens (including phenoxy) is 1. The summed E-state index contributed by atoms with van der Waals surface area (Å²) in [4.78, 5) is 26.9. The lowest BCUT2D eigenvalue weighted by atomic mass is 9.95. The minimum absolute atomic E-state index is 0.0335. The van der Waals surface area contributed by atoms with Crippen LogP contribution in [0.3, 0.4) is 0 Å². The van der Waals surface area contributed by atoms with Crippen LogP contribution in [0.15, 0.2) is 30.3 Å². The maximum atomic E-state index is 12.7. The summed E-state index contributed by atoms with van der Waals surface area (Å²) in [6.45, 7) is 6.66. The lowest BCUT2D eigenvalue weighted by molar-refractivity contribution is -0.146. The van der Waals surface area contributed by atoms with Gasteiger partial charge in [0.25, 0.3) is 0 Å². The van der Waals surface area contributed by atoms with Crippen LogP contribution in [-0.2, 0) is 20.9 Å². The van der Waals surface area contributed by atoms with E-state index >= 15 is 0 Å². The molecule has 2 rings (SSSR count). The van der Waals surface area contributed by atoms with E-state index in [0.29, 0.717) is 12.3 Å². The van der Waals surface area contributed by atoms with Crippen LogP contribution < -0.4 is 5.32 Å². The first-order valence-corrected chi connectivity index (χ1v) is 9.14. The van der Waals surface area contributed by atoms with E-state index in [0.717, 1.165) is 32.5 Å². The molecule has 1 aromatic rings. The van der Waals surface area contributed by atoms with Crippen LogP contribution in [0.1, 0.15) is 38.7 Å². The molecular weight excluding hydrogens is 316 g/mol. The number of amides is 1. The van der Waals surface area contributed by atoms with Crippen LogP contribution in [0, 0.1) is 11.8 Å². The molecule has 0 aliphatic carbocycles. The Morgan fingerprint density at radius 1 is 1.28 bits per heavy atom. The van der Waals surface area contributed by atoms with Gasteiger partial charge < -0.3 is 10.1 Å². The van der Waals surface area contributed by atoms with Crippen molar-refractivity contribution in [3.8, 4) is 0 Å². The molecule has 1 amide bonds. The predicted molar refractivity (Wildman–Crippen MR) is 97.8 cm³/mol. The molecule has 1 aromatic carbocycles. The first kappa shape index (κ1) is 19.4.